The van der Waals surface area contributed by atoms with E-state index in [1.807, 2.05) is 94.4 Å². The molecular weight excluding hydrogens is 1090 g/mol. The number of benzene rings is 7. The molecule has 1 unspecified atom stereocenters. The first-order valence-electron chi connectivity index (χ1n) is 32.4. The van der Waals surface area contributed by atoms with Crippen LogP contribution in [0.25, 0.3) is 72.7 Å². The molecule has 458 valence electrons. The van der Waals surface area contributed by atoms with Crippen molar-refractivity contribution in [2.75, 3.05) is 26.4 Å². The predicted molar refractivity (Wildman–Crippen MR) is 354 cm³/mol. The zero-order chi connectivity index (χ0) is 61.4. The highest BCUT2D eigenvalue weighted by Crippen LogP contribution is 2.40. The van der Waals surface area contributed by atoms with Gasteiger partial charge in [-0.3, -0.25) is 9.59 Å². The maximum atomic E-state index is 13.3. The number of hydrogen-bond donors (Lipinski definition) is 0. The van der Waals surface area contributed by atoms with Crippen molar-refractivity contribution in [3.63, 3.8) is 0 Å². The third-order valence-corrected chi connectivity index (χ3v) is 17.1. The zero-order valence-electron chi connectivity index (χ0n) is 52.3. The highest BCUT2D eigenvalue weighted by molar-refractivity contribution is 6.10. The minimum absolute atomic E-state index is 0.219. The lowest BCUT2D eigenvalue weighted by Crippen LogP contribution is -2.38. The Bertz CT molecular complexity index is 3640. The normalized spacial score (nSPS) is 12.2. The molecule has 0 aliphatic carbocycles. The largest absolute Gasteiger partial charge is 0.494 e. The lowest BCUT2D eigenvalue weighted by Gasteiger charge is -2.33. The molecule has 0 bridgehead atoms. The van der Waals surface area contributed by atoms with E-state index >= 15 is 0 Å². The number of carbonyl (C=O) groups excluding carboxylic acids is 2. The Balaban J connectivity index is 0.560. The molecule has 0 aliphatic heterocycles. The van der Waals surface area contributed by atoms with E-state index in [1.54, 1.807) is 0 Å². The van der Waals surface area contributed by atoms with E-state index in [9.17, 15) is 9.59 Å². The highest BCUT2D eigenvalue weighted by atomic mass is 16.5. The molecule has 9 aromatic rings. The second-order valence-corrected chi connectivity index (χ2v) is 24.5. The average molecular weight is 1180 g/mol. The fourth-order valence-corrected chi connectivity index (χ4v) is 11.8. The molecule has 0 amide bonds. The molecule has 7 aromatic carbocycles. The number of fused-ring (bicyclic) bond motifs is 3. The van der Waals surface area contributed by atoms with Gasteiger partial charge in [0.05, 0.1) is 59.9 Å². The van der Waals surface area contributed by atoms with Gasteiger partial charge in [0, 0.05) is 27.6 Å². The summed E-state index contributed by atoms with van der Waals surface area (Å²) in [5.41, 5.74) is 8.65. The van der Waals surface area contributed by atoms with Gasteiger partial charge in [-0.15, -0.1) is 10.2 Å². The van der Waals surface area contributed by atoms with Crippen molar-refractivity contribution in [2.45, 2.75) is 156 Å². The number of hydrogen-bond acceptors (Lipinski definition) is 10. The Morgan fingerprint density at radius 3 is 1.38 bits per heavy atom. The SMILES string of the molecule is CCC(C)(CC(C)(C)C(=O)OCCCCCCCCCCCOc1ccc(-c2ccc(-c3nnc(-c4ccc5c(c4)c4ccccc4n5-c4ccccc4)o3)cc2)cc1)C(=O)OCCCCCCCCCCCOc1ccc(-c2ccc(C#N)cc2)cc1. The van der Waals surface area contributed by atoms with Gasteiger partial charge in [-0.05, 0) is 166 Å². The fraction of sp³-hybridized carbons (Fsp3) is 0.390. The quantitative estimate of drug-likeness (QED) is 0.0275. The summed E-state index contributed by atoms with van der Waals surface area (Å²) >= 11 is 0. The lowest BCUT2D eigenvalue weighted by molar-refractivity contribution is -0.163. The zero-order valence-corrected chi connectivity index (χ0v) is 52.3. The highest BCUT2D eigenvalue weighted by Gasteiger charge is 2.43. The average Bonchev–Trinajstić information content (AvgIpc) is 3.44. The van der Waals surface area contributed by atoms with Crippen LogP contribution in [0.5, 0.6) is 11.5 Å². The molecule has 2 aromatic heterocycles. The van der Waals surface area contributed by atoms with E-state index in [-0.39, 0.29) is 11.9 Å². The van der Waals surface area contributed by atoms with E-state index in [1.165, 1.54) is 56.8 Å². The topological polar surface area (TPSA) is 139 Å². The van der Waals surface area contributed by atoms with E-state index in [2.05, 4.69) is 124 Å². The predicted octanol–water partition coefficient (Wildman–Crippen LogP) is 20.1. The number of nitrogens with zero attached hydrogens (tertiary/aromatic N) is 4. The molecule has 0 fully saturated rings. The van der Waals surface area contributed by atoms with Gasteiger partial charge < -0.3 is 27.9 Å². The first-order chi connectivity index (χ1) is 43.0. The van der Waals surface area contributed by atoms with Crippen LogP contribution in [0.15, 0.2) is 174 Å². The molecule has 0 spiro atoms. The van der Waals surface area contributed by atoms with Crippen LogP contribution in [-0.4, -0.2) is 53.1 Å². The van der Waals surface area contributed by atoms with Crippen LogP contribution in [0.4, 0.5) is 0 Å². The smallest absolute Gasteiger partial charge is 0.311 e. The number of ether oxygens (including phenoxy) is 4. The minimum atomic E-state index is -0.790. The van der Waals surface area contributed by atoms with E-state index in [0.29, 0.717) is 56.6 Å². The molecule has 9 rings (SSSR count). The molecule has 1 atom stereocenters. The number of aromatic nitrogens is 3. The standard InChI is InChI=1S/C77H88N4O7/c1-5-77(4,75(83)87-54-28-19-15-11-7-9-13-17-25-51-84-66-46-41-61(42-47-66)59-35-33-58(56-78)34-36-59)57-76(2,3)74(82)86-53-27-18-14-10-6-8-12-16-26-52-85-67-48-43-62(44-49-67)60-37-39-63(40-38-60)72-79-80-73(88-72)64-45-50-71-69(55-64)68-31-23-24-32-70(68)81(71)65-29-21-20-22-30-65/h20-24,29-50,55H,5-19,25-28,51-54,57H2,1-4H3. The van der Waals surface area contributed by atoms with Gasteiger partial charge in [-0.2, -0.15) is 5.26 Å². The van der Waals surface area contributed by atoms with Crippen molar-refractivity contribution >= 4 is 33.7 Å². The number of nitriles is 1. The Hall–Kier alpha value is -8.49. The Morgan fingerprint density at radius 1 is 0.455 bits per heavy atom. The van der Waals surface area contributed by atoms with E-state index < -0.39 is 10.8 Å². The number of para-hydroxylation sites is 2. The first-order valence-corrected chi connectivity index (χ1v) is 32.4. The summed E-state index contributed by atoms with van der Waals surface area (Å²) in [6.45, 7) is 9.94. The third-order valence-electron chi connectivity index (χ3n) is 17.1. The van der Waals surface area contributed by atoms with Crippen molar-refractivity contribution in [3.05, 3.63) is 175 Å². The number of carbonyl (C=O) groups is 2. The fourth-order valence-electron chi connectivity index (χ4n) is 11.8. The van der Waals surface area contributed by atoms with E-state index in [4.69, 9.17) is 28.6 Å². The second kappa shape index (κ2) is 32.5. The number of rotatable bonds is 36. The Labute approximate surface area is 521 Å². The van der Waals surface area contributed by atoms with Gasteiger partial charge in [-0.1, -0.05) is 182 Å². The van der Waals surface area contributed by atoms with Crippen molar-refractivity contribution < 1.29 is 33.0 Å². The van der Waals surface area contributed by atoms with Crippen molar-refractivity contribution in [1.82, 2.24) is 14.8 Å². The summed E-state index contributed by atoms with van der Waals surface area (Å²) in [4.78, 5) is 26.6. The minimum Gasteiger partial charge on any atom is -0.494 e. The van der Waals surface area contributed by atoms with E-state index in [0.717, 1.165) is 131 Å². The molecule has 2 heterocycles. The van der Waals surface area contributed by atoms with Crippen molar-refractivity contribution in [2.24, 2.45) is 10.8 Å². The summed E-state index contributed by atoms with van der Waals surface area (Å²) in [5, 5.41) is 20.2. The molecule has 11 nitrogen and oxygen atoms in total. The van der Waals surface area contributed by atoms with Crippen LogP contribution < -0.4 is 9.47 Å². The molecule has 88 heavy (non-hydrogen) atoms. The molecule has 0 aliphatic rings. The maximum absolute atomic E-state index is 13.3. The Morgan fingerprint density at radius 2 is 0.864 bits per heavy atom. The lowest BCUT2D eigenvalue weighted by atomic mass is 9.72. The maximum Gasteiger partial charge on any atom is 0.311 e. The van der Waals surface area contributed by atoms with Crippen LogP contribution in [0, 0.1) is 22.2 Å². The third kappa shape index (κ3) is 17.8. The summed E-state index contributed by atoms with van der Waals surface area (Å²) in [7, 11) is 0. The van der Waals surface area contributed by atoms with Crippen LogP contribution in [-0.2, 0) is 19.1 Å². The van der Waals surface area contributed by atoms with Gasteiger partial charge in [0.2, 0.25) is 11.8 Å². The Kier molecular flexibility index (Phi) is 23.6. The molecule has 0 saturated carbocycles. The monoisotopic (exact) mass is 1180 g/mol. The van der Waals surface area contributed by atoms with Crippen molar-refractivity contribution in [1.29, 1.82) is 5.26 Å². The van der Waals surface area contributed by atoms with Gasteiger partial charge in [0.15, 0.2) is 0 Å². The molecule has 11 heteroatoms. The second-order valence-electron chi connectivity index (χ2n) is 24.5. The van der Waals surface area contributed by atoms with Gasteiger partial charge in [-0.25, -0.2) is 0 Å². The number of unbranched alkanes of at least 4 members (excludes halogenated alkanes) is 16. The van der Waals surface area contributed by atoms with Crippen LogP contribution in [0.1, 0.15) is 162 Å². The van der Waals surface area contributed by atoms with Gasteiger partial charge in [0.1, 0.15) is 11.5 Å². The summed E-state index contributed by atoms with van der Waals surface area (Å²) < 4.78 is 32.2. The molecule has 0 N–H and O–H groups in total. The van der Waals surface area contributed by atoms with Crippen LogP contribution >= 0.6 is 0 Å². The molecular formula is C77H88N4O7. The number of esters is 2. The molecule has 0 saturated heterocycles. The molecule has 0 radical (unpaired) electrons. The van der Waals surface area contributed by atoms with Gasteiger partial charge >= 0.3 is 11.9 Å². The summed E-state index contributed by atoms with van der Waals surface area (Å²) in [5.74, 6) is 2.26. The van der Waals surface area contributed by atoms with Crippen LogP contribution in [0.2, 0.25) is 0 Å². The first kappa shape index (κ1) is 64.0. The van der Waals surface area contributed by atoms with Crippen molar-refractivity contribution in [3.8, 4) is 68.4 Å². The van der Waals surface area contributed by atoms with Crippen LogP contribution in [0.3, 0.4) is 0 Å². The summed E-state index contributed by atoms with van der Waals surface area (Å²) in [6, 6.07) is 59.7. The van der Waals surface area contributed by atoms with Gasteiger partial charge in [0.25, 0.3) is 0 Å². The summed E-state index contributed by atoms with van der Waals surface area (Å²) in [6.07, 6.45) is 21.0.